The zero-order chi connectivity index (χ0) is 12.3. The number of nitrogens with one attached hydrogen (secondary N) is 1. The molecule has 2 aromatic rings. The molecule has 0 unspecified atom stereocenters. The van der Waals surface area contributed by atoms with Crippen molar-refractivity contribution in [3.63, 3.8) is 0 Å². The van der Waals surface area contributed by atoms with Gasteiger partial charge in [-0.15, -0.1) is 22.7 Å². The van der Waals surface area contributed by atoms with Gasteiger partial charge in [0.05, 0.1) is 4.88 Å². The molecule has 2 aromatic heterocycles. The summed E-state index contributed by atoms with van der Waals surface area (Å²) in [5.41, 5.74) is 1.28. The minimum absolute atomic E-state index is 0.0598. The molecular weight excluding hydrogens is 252 g/mol. The van der Waals surface area contributed by atoms with Gasteiger partial charge in [0.1, 0.15) is 0 Å². The van der Waals surface area contributed by atoms with Gasteiger partial charge < -0.3 is 0 Å². The normalized spacial score (nSPS) is 10.5. The molecule has 3 nitrogen and oxygen atoms in total. The van der Waals surface area contributed by atoms with E-state index in [-0.39, 0.29) is 5.91 Å². The molecule has 0 atom stereocenters. The molecule has 0 fully saturated rings. The highest BCUT2D eigenvalue weighted by atomic mass is 32.1. The number of nitrogens with zero attached hydrogens (tertiary/aromatic N) is 1. The van der Waals surface area contributed by atoms with Crippen molar-refractivity contribution >= 4 is 33.7 Å². The molecule has 0 aliphatic heterocycles. The number of amides is 1. The van der Waals surface area contributed by atoms with Gasteiger partial charge in [-0.05, 0) is 25.0 Å². The zero-order valence-electron chi connectivity index (χ0n) is 9.82. The highest BCUT2D eigenvalue weighted by Crippen LogP contribution is 2.24. The third-order valence-corrected chi connectivity index (χ3v) is 4.20. The summed E-state index contributed by atoms with van der Waals surface area (Å²) >= 11 is 2.98. The molecule has 90 valence electrons. The second-order valence-electron chi connectivity index (χ2n) is 3.73. The van der Waals surface area contributed by atoms with E-state index in [4.69, 9.17) is 0 Å². The third-order valence-electron chi connectivity index (χ3n) is 2.42. The quantitative estimate of drug-likeness (QED) is 0.916. The number of aromatic nitrogens is 1. The Morgan fingerprint density at radius 3 is 3.00 bits per heavy atom. The summed E-state index contributed by atoms with van der Waals surface area (Å²) in [4.78, 5) is 18.0. The van der Waals surface area contributed by atoms with Crippen molar-refractivity contribution in [3.8, 4) is 0 Å². The molecule has 0 bridgehead atoms. The molecule has 0 radical (unpaired) electrons. The lowest BCUT2D eigenvalue weighted by molar-refractivity contribution is 0.103. The van der Waals surface area contributed by atoms with Crippen molar-refractivity contribution in [1.29, 1.82) is 0 Å². The smallest absolute Gasteiger partial charge is 0.267 e. The summed E-state index contributed by atoms with van der Waals surface area (Å²) in [6.45, 7) is 4.21. The minimum atomic E-state index is -0.0598. The number of hydrogen-bond acceptors (Lipinski definition) is 4. The molecule has 17 heavy (non-hydrogen) atoms. The first-order chi connectivity index (χ1) is 8.20. The molecule has 0 saturated carbocycles. The summed E-state index contributed by atoms with van der Waals surface area (Å²) in [7, 11) is 0. The third kappa shape index (κ3) is 2.92. The van der Waals surface area contributed by atoms with Crippen LogP contribution in [-0.2, 0) is 6.42 Å². The lowest BCUT2D eigenvalue weighted by Gasteiger charge is -1.97. The SMILES string of the molecule is CCCc1cc(C(=O)Nc2nccs2)sc1C. The van der Waals surface area contributed by atoms with Crippen molar-refractivity contribution in [2.75, 3.05) is 5.32 Å². The average molecular weight is 266 g/mol. The van der Waals surface area contributed by atoms with Crippen LogP contribution in [0.5, 0.6) is 0 Å². The first-order valence-electron chi connectivity index (χ1n) is 5.51. The fourth-order valence-electron chi connectivity index (χ4n) is 1.59. The maximum atomic E-state index is 11.9. The van der Waals surface area contributed by atoms with Crippen LogP contribution in [-0.4, -0.2) is 10.9 Å². The van der Waals surface area contributed by atoms with Crippen LogP contribution >= 0.6 is 22.7 Å². The molecule has 2 rings (SSSR count). The molecule has 1 N–H and O–H groups in total. The number of anilines is 1. The van der Waals surface area contributed by atoms with Gasteiger partial charge >= 0.3 is 0 Å². The highest BCUT2D eigenvalue weighted by molar-refractivity contribution is 7.15. The molecule has 0 saturated heterocycles. The van der Waals surface area contributed by atoms with E-state index in [9.17, 15) is 4.79 Å². The van der Waals surface area contributed by atoms with Crippen LogP contribution in [0.1, 0.15) is 33.5 Å². The van der Waals surface area contributed by atoms with Crippen molar-refractivity contribution in [2.45, 2.75) is 26.7 Å². The zero-order valence-corrected chi connectivity index (χ0v) is 11.5. The summed E-state index contributed by atoms with van der Waals surface area (Å²) in [5.74, 6) is -0.0598. The standard InChI is InChI=1S/C12H14N2OS2/c1-3-4-9-7-10(17-8(9)2)11(15)14-12-13-5-6-16-12/h5-7H,3-4H2,1-2H3,(H,13,14,15). The number of thiazole rings is 1. The van der Waals surface area contributed by atoms with Crippen molar-refractivity contribution in [3.05, 3.63) is 33.0 Å². The van der Waals surface area contributed by atoms with Gasteiger partial charge in [0.15, 0.2) is 5.13 Å². The fourth-order valence-corrected chi connectivity index (χ4v) is 3.08. The van der Waals surface area contributed by atoms with Crippen LogP contribution in [0.4, 0.5) is 5.13 Å². The van der Waals surface area contributed by atoms with E-state index in [1.54, 1.807) is 17.5 Å². The Kier molecular flexibility index (Phi) is 3.91. The summed E-state index contributed by atoms with van der Waals surface area (Å²) < 4.78 is 0. The number of rotatable bonds is 4. The van der Waals surface area contributed by atoms with Crippen molar-refractivity contribution in [1.82, 2.24) is 4.98 Å². The number of carbonyl (C=O) groups excluding carboxylic acids is 1. The Morgan fingerprint density at radius 1 is 1.53 bits per heavy atom. The van der Waals surface area contributed by atoms with Crippen LogP contribution in [0.25, 0.3) is 0 Å². The first-order valence-corrected chi connectivity index (χ1v) is 7.20. The predicted octanol–water partition coefficient (Wildman–Crippen LogP) is 3.72. The molecular formula is C12H14N2OS2. The van der Waals surface area contributed by atoms with Crippen LogP contribution < -0.4 is 5.32 Å². The number of carbonyl (C=O) groups is 1. The van der Waals surface area contributed by atoms with E-state index >= 15 is 0 Å². The van der Waals surface area contributed by atoms with Crippen LogP contribution in [0.15, 0.2) is 17.6 Å². The van der Waals surface area contributed by atoms with E-state index in [1.807, 2.05) is 11.4 Å². The molecule has 0 spiro atoms. The van der Waals surface area contributed by atoms with E-state index in [1.165, 1.54) is 21.8 Å². The van der Waals surface area contributed by atoms with Gasteiger partial charge in [0, 0.05) is 16.5 Å². The van der Waals surface area contributed by atoms with Gasteiger partial charge in [-0.3, -0.25) is 10.1 Å². The monoisotopic (exact) mass is 266 g/mol. The molecule has 0 aliphatic rings. The number of aryl methyl sites for hydroxylation is 2. The fraction of sp³-hybridized carbons (Fsp3) is 0.333. The van der Waals surface area contributed by atoms with E-state index in [0.717, 1.165) is 17.7 Å². The molecule has 1 amide bonds. The maximum absolute atomic E-state index is 11.9. The second-order valence-corrected chi connectivity index (χ2v) is 5.88. The Balaban J connectivity index is 2.11. The Hall–Kier alpha value is -1.20. The number of hydrogen-bond donors (Lipinski definition) is 1. The van der Waals surface area contributed by atoms with Gasteiger partial charge in [-0.2, -0.15) is 0 Å². The van der Waals surface area contributed by atoms with Crippen molar-refractivity contribution < 1.29 is 4.79 Å². The van der Waals surface area contributed by atoms with Crippen molar-refractivity contribution in [2.24, 2.45) is 0 Å². The Labute approximate surface area is 109 Å². The van der Waals surface area contributed by atoms with Crippen LogP contribution in [0.2, 0.25) is 0 Å². The minimum Gasteiger partial charge on any atom is -0.297 e. The van der Waals surface area contributed by atoms with Crippen LogP contribution in [0, 0.1) is 6.92 Å². The Morgan fingerprint density at radius 2 is 2.35 bits per heavy atom. The second kappa shape index (κ2) is 5.42. The average Bonchev–Trinajstić information content (AvgIpc) is 2.90. The lowest BCUT2D eigenvalue weighted by atomic mass is 10.1. The summed E-state index contributed by atoms with van der Waals surface area (Å²) in [6.07, 6.45) is 3.82. The molecule has 2 heterocycles. The van der Waals surface area contributed by atoms with E-state index in [0.29, 0.717) is 5.13 Å². The highest BCUT2D eigenvalue weighted by Gasteiger charge is 2.12. The van der Waals surface area contributed by atoms with Gasteiger partial charge in [-0.25, -0.2) is 4.98 Å². The molecule has 0 aromatic carbocycles. The summed E-state index contributed by atoms with van der Waals surface area (Å²) in [5, 5.41) is 5.30. The molecule has 0 aliphatic carbocycles. The van der Waals surface area contributed by atoms with Gasteiger partial charge in [0.25, 0.3) is 5.91 Å². The predicted molar refractivity (Wildman–Crippen MR) is 73.1 cm³/mol. The van der Waals surface area contributed by atoms with E-state index < -0.39 is 0 Å². The lowest BCUT2D eigenvalue weighted by Crippen LogP contribution is -2.09. The largest absolute Gasteiger partial charge is 0.297 e. The number of thiophene rings is 1. The topological polar surface area (TPSA) is 42.0 Å². The summed E-state index contributed by atoms with van der Waals surface area (Å²) in [6, 6.07) is 1.99. The first kappa shape index (κ1) is 12.3. The van der Waals surface area contributed by atoms with Gasteiger partial charge in [0.2, 0.25) is 0 Å². The Bertz CT molecular complexity index is 503. The maximum Gasteiger partial charge on any atom is 0.267 e. The van der Waals surface area contributed by atoms with E-state index in [2.05, 4.69) is 24.1 Å². The van der Waals surface area contributed by atoms with Crippen LogP contribution in [0.3, 0.4) is 0 Å². The van der Waals surface area contributed by atoms with Gasteiger partial charge in [-0.1, -0.05) is 13.3 Å². The molecule has 5 heteroatoms.